The molecule has 3 aromatic rings. The molecule has 0 fully saturated rings. The predicted molar refractivity (Wildman–Crippen MR) is 128 cm³/mol. The van der Waals surface area contributed by atoms with Crippen molar-refractivity contribution in [2.75, 3.05) is 0 Å². The standard InChI is InChI=1S/C26H31N3O6/c1-26(2,33)13-12-18(24(31)29-34)15-22(30)23(14-17-8-4-3-5-9-17)35-25(32)21-16-27-19-10-6-7-11-20(19)28-21/h3-11,16,18,22-23,30,33-34H,12-15H2,1-2H3,(H,29,31)/t18-,22+,23+/m1/s1. The van der Waals surface area contributed by atoms with Crippen LogP contribution in [-0.2, 0) is 16.0 Å². The average molecular weight is 482 g/mol. The molecule has 35 heavy (non-hydrogen) atoms. The Morgan fingerprint density at radius 3 is 2.37 bits per heavy atom. The summed E-state index contributed by atoms with van der Waals surface area (Å²) in [6, 6.07) is 16.3. The Morgan fingerprint density at radius 2 is 1.71 bits per heavy atom. The van der Waals surface area contributed by atoms with E-state index < -0.39 is 35.6 Å². The second-order valence-electron chi connectivity index (χ2n) is 9.20. The van der Waals surface area contributed by atoms with E-state index in [1.165, 1.54) is 6.20 Å². The zero-order valence-corrected chi connectivity index (χ0v) is 19.8. The Balaban J connectivity index is 1.80. The molecule has 1 heterocycles. The third kappa shape index (κ3) is 7.81. The molecular weight excluding hydrogens is 450 g/mol. The number of nitrogens with zero attached hydrogens (tertiary/aromatic N) is 2. The number of ether oxygens (including phenoxy) is 1. The van der Waals surface area contributed by atoms with Crippen LogP contribution < -0.4 is 5.48 Å². The number of fused-ring (bicyclic) bond motifs is 1. The number of carbonyl (C=O) groups excluding carboxylic acids is 2. The van der Waals surface area contributed by atoms with E-state index in [9.17, 15) is 19.8 Å². The number of para-hydroxylation sites is 2. The number of aliphatic hydroxyl groups excluding tert-OH is 1. The molecule has 0 aliphatic carbocycles. The Labute approximate surface area is 203 Å². The van der Waals surface area contributed by atoms with Crippen molar-refractivity contribution in [3.8, 4) is 0 Å². The van der Waals surface area contributed by atoms with E-state index in [1.54, 1.807) is 37.5 Å². The Kier molecular flexibility index (Phi) is 8.86. The van der Waals surface area contributed by atoms with Crippen molar-refractivity contribution in [3.63, 3.8) is 0 Å². The number of benzene rings is 2. The van der Waals surface area contributed by atoms with Crippen LogP contribution in [0.3, 0.4) is 0 Å². The first-order valence-electron chi connectivity index (χ1n) is 11.5. The van der Waals surface area contributed by atoms with Gasteiger partial charge in [-0.2, -0.15) is 0 Å². The molecule has 9 nitrogen and oxygen atoms in total. The van der Waals surface area contributed by atoms with Gasteiger partial charge in [-0.1, -0.05) is 42.5 Å². The first-order chi connectivity index (χ1) is 16.7. The maximum absolute atomic E-state index is 12.9. The van der Waals surface area contributed by atoms with Gasteiger partial charge in [0.1, 0.15) is 6.10 Å². The monoisotopic (exact) mass is 481 g/mol. The lowest BCUT2D eigenvalue weighted by atomic mass is 9.88. The summed E-state index contributed by atoms with van der Waals surface area (Å²) in [4.78, 5) is 33.7. The third-order valence-electron chi connectivity index (χ3n) is 5.74. The minimum atomic E-state index is -1.23. The topological polar surface area (TPSA) is 142 Å². The molecule has 1 aromatic heterocycles. The van der Waals surface area contributed by atoms with E-state index in [0.29, 0.717) is 11.0 Å². The fourth-order valence-electron chi connectivity index (χ4n) is 3.77. The number of aromatic nitrogens is 2. The van der Waals surface area contributed by atoms with Gasteiger partial charge in [-0.3, -0.25) is 15.0 Å². The fourth-order valence-corrected chi connectivity index (χ4v) is 3.77. The van der Waals surface area contributed by atoms with Crippen molar-refractivity contribution in [1.29, 1.82) is 0 Å². The van der Waals surface area contributed by atoms with Crippen LogP contribution in [0.1, 0.15) is 49.2 Å². The SMILES string of the molecule is CC(C)(O)CC[C@H](C[C@H](O)[C@H](Cc1ccccc1)OC(=O)c1cnc2ccccc2n1)C(=O)NO. The molecule has 0 bridgehead atoms. The fraction of sp³-hybridized carbons (Fsp3) is 0.385. The van der Waals surface area contributed by atoms with Gasteiger partial charge in [0.05, 0.1) is 28.9 Å². The number of aliphatic hydroxyl groups is 2. The minimum absolute atomic E-state index is 0.000595. The molecule has 0 unspecified atom stereocenters. The van der Waals surface area contributed by atoms with Gasteiger partial charge >= 0.3 is 5.97 Å². The molecule has 2 aromatic carbocycles. The number of hydrogen-bond acceptors (Lipinski definition) is 8. The summed E-state index contributed by atoms with van der Waals surface area (Å²) < 4.78 is 5.68. The summed E-state index contributed by atoms with van der Waals surface area (Å²) in [5.41, 5.74) is 2.59. The average Bonchev–Trinajstić information content (AvgIpc) is 2.85. The highest BCUT2D eigenvalue weighted by Gasteiger charge is 2.31. The summed E-state index contributed by atoms with van der Waals surface area (Å²) in [7, 11) is 0. The number of hydroxylamine groups is 1. The van der Waals surface area contributed by atoms with E-state index in [4.69, 9.17) is 9.94 Å². The van der Waals surface area contributed by atoms with Crippen molar-refractivity contribution in [2.24, 2.45) is 5.92 Å². The van der Waals surface area contributed by atoms with Crippen LogP contribution in [0.4, 0.5) is 0 Å². The minimum Gasteiger partial charge on any atom is -0.454 e. The van der Waals surface area contributed by atoms with Gasteiger partial charge < -0.3 is 14.9 Å². The normalized spacial score (nSPS) is 14.2. The maximum Gasteiger partial charge on any atom is 0.358 e. The van der Waals surface area contributed by atoms with E-state index in [0.717, 1.165) is 5.56 Å². The molecule has 1 amide bonds. The number of carbonyl (C=O) groups is 2. The molecule has 3 rings (SSSR count). The van der Waals surface area contributed by atoms with E-state index in [1.807, 2.05) is 36.4 Å². The second-order valence-corrected chi connectivity index (χ2v) is 9.20. The second kappa shape index (κ2) is 11.8. The highest BCUT2D eigenvalue weighted by atomic mass is 16.6. The van der Waals surface area contributed by atoms with Crippen molar-refractivity contribution in [3.05, 3.63) is 72.1 Å². The van der Waals surface area contributed by atoms with Gasteiger partial charge in [-0.05, 0) is 50.8 Å². The molecule has 0 saturated heterocycles. The first-order valence-corrected chi connectivity index (χ1v) is 11.5. The van der Waals surface area contributed by atoms with Crippen LogP contribution in [-0.4, -0.2) is 55.1 Å². The summed E-state index contributed by atoms with van der Waals surface area (Å²) in [6.07, 6.45) is -0.291. The quantitative estimate of drug-likeness (QED) is 0.186. The molecular formula is C26H31N3O6. The third-order valence-corrected chi connectivity index (χ3v) is 5.74. The molecule has 9 heteroatoms. The zero-order valence-electron chi connectivity index (χ0n) is 19.8. The van der Waals surface area contributed by atoms with E-state index >= 15 is 0 Å². The molecule has 0 aliphatic rings. The van der Waals surface area contributed by atoms with E-state index in [2.05, 4.69) is 9.97 Å². The Bertz CT molecular complexity index is 1130. The summed E-state index contributed by atoms with van der Waals surface area (Å²) >= 11 is 0. The van der Waals surface area contributed by atoms with Gasteiger partial charge in [-0.15, -0.1) is 0 Å². The highest BCUT2D eigenvalue weighted by molar-refractivity contribution is 5.89. The number of esters is 1. The van der Waals surface area contributed by atoms with Crippen molar-refractivity contribution in [2.45, 2.75) is 57.3 Å². The highest BCUT2D eigenvalue weighted by Crippen LogP contribution is 2.24. The largest absolute Gasteiger partial charge is 0.454 e. The molecule has 3 atom stereocenters. The van der Waals surface area contributed by atoms with Crippen LogP contribution in [0.2, 0.25) is 0 Å². The molecule has 0 aliphatic heterocycles. The summed E-state index contributed by atoms with van der Waals surface area (Å²) in [6.45, 7) is 3.23. The van der Waals surface area contributed by atoms with Crippen molar-refractivity contribution < 1.29 is 29.7 Å². The molecule has 0 spiro atoms. The van der Waals surface area contributed by atoms with Crippen LogP contribution in [0, 0.1) is 5.92 Å². The smallest absolute Gasteiger partial charge is 0.358 e. The summed E-state index contributed by atoms with van der Waals surface area (Å²) in [5, 5.41) is 30.2. The summed E-state index contributed by atoms with van der Waals surface area (Å²) in [5.74, 6) is -2.24. The number of hydrogen-bond donors (Lipinski definition) is 4. The van der Waals surface area contributed by atoms with Gasteiger partial charge in [0.2, 0.25) is 5.91 Å². The molecule has 0 saturated carbocycles. The Morgan fingerprint density at radius 1 is 1.06 bits per heavy atom. The lowest BCUT2D eigenvalue weighted by Crippen LogP contribution is -2.39. The van der Waals surface area contributed by atoms with Crippen LogP contribution in [0.15, 0.2) is 60.8 Å². The van der Waals surface area contributed by atoms with Gasteiger partial charge in [0.15, 0.2) is 5.69 Å². The van der Waals surface area contributed by atoms with Crippen molar-refractivity contribution in [1.82, 2.24) is 15.4 Å². The lowest BCUT2D eigenvalue weighted by Gasteiger charge is -2.27. The molecule has 186 valence electrons. The zero-order chi connectivity index (χ0) is 25.4. The van der Waals surface area contributed by atoms with E-state index in [-0.39, 0.29) is 31.4 Å². The lowest BCUT2D eigenvalue weighted by molar-refractivity contribution is -0.135. The van der Waals surface area contributed by atoms with Gasteiger partial charge in [-0.25, -0.2) is 15.3 Å². The van der Waals surface area contributed by atoms with Crippen LogP contribution in [0.25, 0.3) is 11.0 Å². The number of amides is 1. The van der Waals surface area contributed by atoms with Crippen LogP contribution >= 0.6 is 0 Å². The first kappa shape index (κ1) is 26.2. The maximum atomic E-state index is 12.9. The number of nitrogens with one attached hydrogen (secondary N) is 1. The molecule has 0 radical (unpaired) electrons. The Hall–Kier alpha value is -3.40. The van der Waals surface area contributed by atoms with Crippen LogP contribution in [0.5, 0.6) is 0 Å². The van der Waals surface area contributed by atoms with Gasteiger partial charge in [0, 0.05) is 12.3 Å². The predicted octanol–water partition coefficient (Wildman–Crippen LogP) is 2.82. The van der Waals surface area contributed by atoms with Crippen molar-refractivity contribution >= 4 is 22.9 Å². The molecule has 4 N–H and O–H groups in total. The number of rotatable bonds is 11. The van der Waals surface area contributed by atoms with Gasteiger partial charge in [0.25, 0.3) is 0 Å².